The summed E-state index contributed by atoms with van der Waals surface area (Å²) < 4.78 is 26.2. The van der Waals surface area contributed by atoms with Crippen LogP contribution in [0.2, 0.25) is 0 Å². The number of aliphatic imine (C=N–C) groups is 1. The maximum atomic E-state index is 11.9. The number of hydrogen-bond acceptors (Lipinski definition) is 3. The first-order valence-electron chi connectivity index (χ1n) is 5.03. The maximum absolute atomic E-state index is 11.9. The van der Waals surface area contributed by atoms with Crippen molar-refractivity contribution in [2.24, 2.45) is 16.5 Å². The smallest absolute Gasteiger partial charge is 0.240 e. The van der Waals surface area contributed by atoms with Gasteiger partial charge in [0, 0.05) is 6.04 Å². The molecule has 0 amide bonds. The maximum Gasteiger partial charge on any atom is 0.240 e. The summed E-state index contributed by atoms with van der Waals surface area (Å²) >= 11 is 0. The molecule has 7 heteroatoms. The zero-order valence-corrected chi connectivity index (χ0v) is 10.5. The van der Waals surface area contributed by atoms with Crippen molar-refractivity contribution in [3.63, 3.8) is 0 Å². The summed E-state index contributed by atoms with van der Waals surface area (Å²) in [6.07, 6.45) is 0. The van der Waals surface area contributed by atoms with E-state index in [9.17, 15) is 8.42 Å². The number of benzene rings is 1. The van der Waals surface area contributed by atoms with Crippen LogP contribution >= 0.6 is 0 Å². The molecule has 0 spiro atoms. The van der Waals surface area contributed by atoms with Crippen LogP contribution in [0.4, 0.5) is 5.69 Å². The molecular weight excluding hydrogens is 240 g/mol. The molecule has 0 aliphatic carbocycles. The minimum Gasteiger partial charge on any atom is -0.370 e. The number of nitrogens with zero attached hydrogens (tertiary/aromatic N) is 1. The van der Waals surface area contributed by atoms with Crippen molar-refractivity contribution in [3.8, 4) is 0 Å². The first kappa shape index (κ1) is 13.5. The standard InChI is InChI=1S/C10H16N4O2S/c1-7(2)14-17(15,16)9-5-3-4-8(6-9)13-10(11)12/h3-7,14H,1-2H3,(H4,11,12,13). The van der Waals surface area contributed by atoms with E-state index < -0.39 is 10.0 Å². The second-order valence-electron chi connectivity index (χ2n) is 3.81. The van der Waals surface area contributed by atoms with Gasteiger partial charge in [-0.1, -0.05) is 6.07 Å². The molecule has 0 radical (unpaired) electrons. The molecule has 17 heavy (non-hydrogen) atoms. The second kappa shape index (κ2) is 5.15. The van der Waals surface area contributed by atoms with Gasteiger partial charge in [0.15, 0.2) is 5.96 Å². The lowest BCUT2D eigenvalue weighted by Gasteiger charge is -2.09. The van der Waals surface area contributed by atoms with E-state index in [2.05, 4.69) is 9.71 Å². The Bertz CT molecular complexity index is 519. The van der Waals surface area contributed by atoms with E-state index in [1.165, 1.54) is 12.1 Å². The van der Waals surface area contributed by atoms with E-state index in [1.807, 2.05) is 0 Å². The predicted octanol–water partition coefficient (Wildman–Crippen LogP) is 0.278. The zero-order chi connectivity index (χ0) is 13.1. The van der Waals surface area contributed by atoms with Crippen LogP contribution in [0.3, 0.4) is 0 Å². The average Bonchev–Trinajstić information content (AvgIpc) is 2.15. The van der Waals surface area contributed by atoms with Gasteiger partial charge in [-0.2, -0.15) is 0 Å². The fourth-order valence-electron chi connectivity index (χ4n) is 1.25. The van der Waals surface area contributed by atoms with Crippen molar-refractivity contribution in [3.05, 3.63) is 24.3 Å². The summed E-state index contributed by atoms with van der Waals surface area (Å²) in [5, 5.41) is 0. The highest BCUT2D eigenvalue weighted by Crippen LogP contribution is 2.17. The van der Waals surface area contributed by atoms with Crippen molar-refractivity contribution in [2.45, 2.75) is 24.8 Å². The summed E-state index contributed by atoms with van der Waals surface area (Å²) in [6, 6.07) is 5.91. The summed E-state index contributed by atoms with van der Waals surface area (Å²) in [4.78, 5) is 3.93. The van der Waals surface area contributed by atoms with Gasteiger partial charge in [-0.05, 0) is 32.0 Å². The highest BCUT2D eigenvalue weighted by Gasteiger charge is 2.15. The van der Waals surface area contributed by atoms with Crippen molar-refractivity contribution in [1.29, 1.82) is 0 Å². The molecular formula is C10H16N4O2S. The van der Waals surface area contributed by atoms with Crippen LogP contribution in [0.1, 0.15) is 13.8 Å². The number of hydrogen-bond donors (Lipinski definition) is 3. The van der Waals surface area contributed by atoms with Gasteiger partial charge in [-0.3, -0.25) is 0 Å². The molecule has 1 aromatic rings. The van der Waals surface area contributed by atoms with Gasteiger partial charge >= 0.3 is 0 Å². The van der Waals surface area contributed by atoms with Crippen molar-refractivity contribution in [2.75, 3.05) is 0 Å². The van der Waals surface area contributed by atoms with Crippen molar-refractivity contribution >= 4 is 21.7 Å². The first-order valence-corrected chi connectivity index (χ1v) is 6.51. The summed E-state index contributed by atoms with van der Waals surface area (Å²) in [7, 11) is -3.52. The van der Waals surface area contributed by atoms with Gasteiger partial charge in [0.05, 0.1) is 10.6 Å². The lowest BCUT2D eigenvalue weighted by atomic mass is 10.3. The monoisotopic (exact) mass is 256 g/mol. The Hall–Kier alpha value is -1.60. The normalized spacial score (nSPS) is 11.5. The number of guanidine groups is 1. The van der Waals surface area contributed by atoms with Crippen LogP contribution in [0.5, 0.6) is 0 Å². The third kappa shape index (κ3) is 4.04. The van der Waals surface area contributed by atoms with E-state index >= 15 is 0 Å². The Morgan fingerprint density at radius 2 is 2.00 bits per heavy atom. The quantitative estimate of drug-likeness (QED) is 0.530. The molecule has 0 saturated carbocycles. The molecule has 0 aliphatic rings. The lowest BCUT2D eigenvalue weighted by Crippen LogP contribution is -2.30. The average molecular weight is 256 g/mol. The first-order chi connectivity index (χ1) is 7.81. The topological polar surface area (TPSA) is 111 Å². The van der Waals surface area contributed by atoms with E-state index in [-0.39, 0.29) is 16.9 Å². The summed E-state index contributed by atoms with van der Waals surface area (Å²) in [6.45, 7) is 3.49. The molecule has 0 bridgehead atoms. The van der Waals surface area contributed by atoms with E-state index in [0.29, 0.717) is 5.69 Å². The van der Waals surface area contributed by atoms with Crippen LogP contribution in [0.15, 0.2) is 34.2 Å². The van der Waals surface area contributed by atoms with Crippen molar-refractivity contribution < 1.29 is 8.42 Å². The summed E-state index contributed by atoms with van der Waals surface area (Å²) in [5.41, 5.74) is 10.9. The van der Waals surface area contributed by atoms with Crippen LogP contribution in [-0.2, 0) is 10.0 Å². The second-order valence-corrected chi connectivity index (χ2v) is 5.52. The molecule has 6 nitrogen and oxygen atoms in total. The van der Waals surface area contributed by atoms with Crippen molar-refractivity contribution in [1.82, 2.24) is 4.72 Å². The van der Waals surface area contributed by atoms with E-state index in [4.69, 9.17) is 11.5 Å². The zero-order valence-electron chi connectivity index (χ0n) is 9.71. The van der Waals surface area contributed by atoms with Crippen LogP contribution in [0, 0.1) is 0 Å². The van der Waals surface area contributed by atoms with E-state index in [0.717, 1.165) is 0 Å². The highest BCUT2D eigenvalue weighted by atomic mass is 32.2. The Kier molecular flexibility index (Phi) is 4.08. The SMILES string of the molecule is CC(C)NS(=O)(=O)c1cccc(N=C(N)N)c1. The van der Waals surface area contributed by atoms with Gasteiger partial charge in [-0.15, -0.1) is 0 Å². The minimum atomic E-state index is -3.52. The number of nitrogens with one attached hydrogen (secondary N) is 1. The Morgan fingerprint density at radius 3 is 2.53 bits per heavy atom. The molecule has 0 heterocycles. The molecule has 0 unspecified atom stereocenters. The number of rotatable bonds is 4. The third-order valence-electron chi connectivity index (χ3n) is 1.78. The molecule has 0 aliphatic heterocycles. The molecule has 94 valence electrons. The van der Waals surface area contributed by atoms with Crippen LogP contribution in [-0.4, -0.2) is 20.4 Å². The fraction of sp³-hybridized carbons (Fsp3) is 0.300. The molecule has 1 rings (SSSR count). The highest BCUT2D eigenvalue weighted by molar-refractivity contribution is 7.89. The van der Waals surface area contributed by atoms with Crippen LogP contribution in [0.25, 0.3) is 0 Å². The Balaban J connectivity index is 3.12. The van der Waals surface area contributed by atoms with Gasteiger partial charge in [0.2, 0.25) is 10.0 Å². The molecule has 0 fully saturated rings. The van der Waals surface area contributed by atoms with Gasteiger partial charge in [0.25, 0.3) is 0 Å². The minimum absolute atomic E-state index is 0.114. The summed E-state index contributed by atoms with van der Waals surface area (Å²) in [5.74, 6) is -0.114. The largest absolute Gasteiger partial charge is 0.370 e. The molecule has 0 saturated heterocycles. The van der Waals surface area contributed by atoms with Gasteiger partial charge < -0.3 is 11.5 Å². The molecule has 0 aromatic heterocycles. The lowest BCUT2D eigenvalue weighted by molar-refractivity contribution is 0.570. The number of sulfonamides is 1. The van der Waals surface area contributed by atoms with Gasteiger partial charge in [0.1, 0.15) is 0 Å². The van der Waals surface area contributed by atoms with Crippen LogP contribution < -0.4 is 16.2 Å². The fourth-order valence-corrected chi connectivity index (χ4v) is 2.54. The third-order valence-corrected chi connectivity index (χ3v) is 3.43. The Labute approximate surface area is 101 Å². The number of nitrogens with two attached hydrogens (primary N) is 2. The Morgan fingerprint density at radius 1 is 1.35 bits per heavy atom. The molecule has 1 aromatic carbocycles. The predicted molar refractivity (Wildman–Crippen MR) is 67.4 cm³/mol. The molecule has 0 atom stereocenters. The van der Waals surface area contributed by atoms with Gasteiger partial charge in [-0.25, -0.2) is 18.1 Å². The molecule has 5 N–H and O–H groups in total. The van der Waals surface area contributed by atoms with E-state index in [1.54, 1.807) is 26.0 Å².